The summed E-state index contributed by atoms with van der Waals surface area (Å²) < 4.78 is 5.43. The Bertz CT molecular complexity index is 944. The van der Waals surface area contributed by atoms with Crippen molar-refractivity contribution in [3.05, 3.63) is 77.4 Å². The molecule has 3 heteroatoms. The Morgan fingerprint density at radius 3 is 2.54 bits per heavy atom. The molecule has 0 saturated heterocycles. The zero-order chi connectivity index (χ0) is 16.5. The largest absolute Gasteiger partial charge is 0.494 e. The average molecular weight is 314 g/mol. The molecule has 0 spiro atoms. The standard InChI is InChI=1S/C21H18N2O/c1-14-6-5-9-20(21(14)24-2)23-22-17-10-11-19-16(13-17)12-15-7-3-4-8-18(15)19/h3-11,13H,12H2,1-2H3. The van der Waals surface area contributed by atoms with Gasteiger partial charge in [0.25, 0.3) is 0 Å². The van der Waals surface area contributed by atoms with Crippen molar-refractivity contribution in [3.8, 4) is 16.9 Å². The van der Waals surface area contributed by atoms with Crippen molar-refractivity contribution >= 4 is 11.4 Å². The number of hydrogen-bond donors (Lipinski definition) is 0. The van der Waals surface area contributed by atoms with Gasteiger partial charge in [0.1, 0.15) is 11.4 Å². The van der Waals surface area contributed by atoms with E-state index in [-0.39, 0.29) is 0 Å². The van der Waals surface area contributed by atoms with Gasteiger partial charge in [0.2, 0.25) is 0 Å². The van der Waals surface area contributed by atoms with Gasteiger partial charge in [-0.3, -0.25) is 0 Å². The molecule has 3 nitrogen and oxygen atoms in total. The Morgan fingerprint density at radius 1 is 0.833 bits per heavy atom. The zero-order valence-electron chi connectivity index (χ0n) is 13.8. The molecule has 0 saturated carbocycles. The molecule has 4 rings (SSSR count). The third-order valence-corrected chi connectivity index (χ3v) is 4.45. The maximum atomic E-state index is 5.43. The van der Waals surface area contributed by atoms with Crippen molar-refractivity contribution in [2.75, 3.05) is 7.11 Å². The van der Waals surface area contributed by atoms with Crippen LogP contribution in [0.25, 0.3) is 11.1 Å². The van der Waals surface area contributed by atoms with E-state index in [1.807, 2.05) is 31.2 Å². The van der Waals surface area contributed by atoms with E-state index < -0.39 is 0 Å². The molecule has 0 N–H and O–H groups in total. The second-order valence-electron chi connectivity index (χ2n) is 6.00. The number of rotatable bonds is 3. The van der Waals surface area contributed by atoms with Crippen LogP contribution in [-0.2, 0) is 6.42 Å². The van der Waals surface area contributed by atoms with Crippen LogP contribution in [0.3, 0.4) is 0 Å². The van der Waals surface area contributed by atoms with Crippen LogP contribution in [0, 0.1) is 6.92 Å². The third-order valence-electron chi connectivity index (χ3n) is 4.45. The van der Waals surface area contributed by atoms with Gasteiger partial charge in [0, 0.05) is 0 Å². The molecule has 3 aromatic rings. The third kappa shape index (κ3) is 2.48. The first-order chi connectivity index (χ1) is 11.8. The molecule has 0 bridgehead atoms. The number of hydrogen-bond acceptors (Lipinski definition) is 3. The van der Waals surface area contributed by atoms with Crippen molar-refractivity contribution in [1.82, 2.24) is 0 Å². The maximum Gasteiger partial charge on any atom is 0.149 e. The summed E-state index contributed by atoms with van der Waals surface area (Å²) in [6, 6.07) is 20.7. The Balaban J connectivity index is 1.66. The summed E-state index contributed by atoms with van der Waals surface area (Å²) >= 11 is 0. The van der Waals surface area contributed by atoms with Crippen molar-refractivity contribution < 1.29 is 4.74 Å². The van der Waals surface area contributed by atoms with Gasteiger partial charge in [-0.2, -0.15) is 5.11 Å². The molecule has 0 fully saturated rings. The molecule has 24 heavy (non-hydrogen) atoms. The van der Waals surface area contributed by atoms with Gasteiger partial charge >= 0.3 is 0 Å². The van der Waals surface area contributed by atoms with Gasteiger partial charge in [0.15, 0.2) is 0 Å². The molecule has 0 amide bonds. The molecule has 1 aliphatic carbocycles. The van der Waals surface area contributed by atoms with Gasteiger partial charge in [-0.15, -0.1) is 5.11 Å². The lowest BCUT2D eigenvalue weighted by Crippen LogP contribution is -1.86. The van der Waals surface area contributed by atoms with Crippen LogP contribution in [0.5, 0.6) is 5.75 Å². The highest BCUT2D eigenvalue weighted by Crippen LogP contribution is 2.38. The van der Waals surface area contributed by atoms with Gasteiger partial charge in [-0.25, -0.2) is 0 Å². The molecule has 0 unspecified atom stereocenters. The van der Waals surface area contributed by atoms with E-state index in [9.17, 15) is 0 Å². The predicted molar refractivity (Wildman–Crippen MR) is 96.6 cm³/mol. The quantitative estimate of drug-likeness (QED) is 0.428. The van der Waals surface area contributed by atoms with E-state index >= 15 is 0 Å². The summed E-state index contributed by atoms with van der Waals surface area (Å²) in [7, 11) is 1.66. The van der Waals surface area contributed by atoms with Crippen molar-refractivity contribution in [3.63, 3.8) is 0 Å². The van der Waals surface area contributed by atoms with E-state index in [0.717, 1.165) is 29.1 Å². The minimum Gasteiger partial charge on any atom is -0.494 e. The topological polar surface area (TPSA) is 34.0 Å². The lowest BCUT2D eigenvalue weighted by Gasteiger charge is -2.06. The van der Waals surface area contributed by atoms with Crippen LogP contribution in [0.15, 0.2) is 70.9 Å². The highest BCUT2D eigenvalue weighted by atomic mass is 16.5. The summed E-state index contributed by atoms with van der Waals surface area (Å²) in [4.78, 5) is 0. The van der Waals surface area contributed by atoms with Crippen LogP contribution in [0.2, 0.25) is 0 Å². The summed E-state index contributed by atoms with van der Waals surface area (Å²) in [5, 5.41) is 8.79. The molecule has 3 aromatic carbocycles. The van der Waals surface area contributed by atoms with E-state index in [0.29, 0.717) is 0 Å². The summed E-state index contributed by atoms with van der Waals surface area (Å²) in [5.41, 5.74) is 7.99. The number of para-hydroxylation sites is 1. The molecule has 0 aromatic heterocycles. The first-order valence-corrected chi connectivity index (χ1v) is 8.03. The number of aryl methyl sites for hydroxylation is 1. The van der Waals surface area contributed by atoms with Gasteiger partial charge in [0.05, 0.1) is 12.8 Å². The highest BCUT2D eigenvalue weighted by molar-refractivity contribution is 5.78. The average Bonchev–Trinajstić information content (AvgIpc) is 2.97. The van der Waals surface area contributed by atoms with E-state index in [4.69, 9.17) is 4.74 Å². The summed E-state index contributed by atoms with van der Waals surface area (Å²) in [6.45, 7) is 2.00. The smallest absolute Gasteiger partial charge is 0.149 e. The van der Waals surface area contributed by atoms with Crippen LogP contribution in [0.1, 0.15) is 16.7 Å². The molecule has 118 valence electrons. The second kappa shape index (κ2) is 5.93. The van der Waals surface area contributed by atoms with Crippen LogP contribution in [0.4, 0.5) is 11.4 Å². The van der Waals surface area contributed by atoms with Crippen molar-refractivity contribution in [1.29, 1.82) is 0 Å². The summed E-state index contributed by atoms with van der Waals surface area (Å²) in [5.74, 6) is 0.773. The fourth-order valence-corrected chi connectivity index (χ4v) is 3.29. The number of fused-ring (bicyclic) bond motifs is 3. The Hall–Kier alpha value is -2.94. The van der Waals surface area contributed by atoms with Crippen LogP contribution >= 0.6 is 0 Å². The second-order valence-corrected chi connectivity index (χ2v) is 6.00. The van der Waals surface area contributed by atoms with Gasteiger partial charge in [-0.05, 0) is 59.4 Å². The lowest BCUT2D eigenvalue weighted by molar-refractivity contribution is 0.413. The molecular formula is C21H18N2O. The van der Waals surface area contributed by atoms with Crippen molar-refractivity contribution in [2.45, 2.75) is 13.3 Å². The molecule has 0 atom stereocenters. The Morgan fingerprint density at radius 2 is 1.67 bits per heavy atom. The van der Waals surface area contributed by atoms with Gasteiger partial charge in [-0.1, -0.05) is 42.5 Å². The first kappa shape index (κ1) is 14.6. The monoisotopic (exact) mass is 314 g/mol. The van der Waals surface area contributed by atoms with Crippen LogP contribution < -0.4 is 4.74 Å². The zero-order valence-corrected chi connectivity index (χ0v) is 13.8. The number of nitrogens with zero attached hydrogens (tertiary/aromatic N) is 2. The fraction of sp³-hybridized carbons (Fsp3) is 0.143. The maximum absolute atomic E-state index is 5.43. The lowest BCUT2D eigenvalue weighted by atomic mass is 10.1. The number of methoxy groups -OCH3 is 1. The minimum atomic E-state index is 0.751. The van der Waals surface area contributed by atoms with Crippen LogP contribution in [-0.4, -0.2) is 7.11 Å². The predicted octanol–water partition coefficient (Wildman–Crippen LogP) is 5.99. The number of azo groups is 1. The van der Waals surface area contributed by atoms with E-state index in [2.05, 4.69) is 46.6 Å². The fourth-order valence-electron chi connectivity index (χ4n) is 3.29. The number of ether oxygens (including phenoxy) is 1. The minimum absolute atomic E-state index is 0.751. The highest BCUT2D eigenvalue weighted by Gasteiger charge is 2.17. The SMILES string of the molecule is COc1c(C)cccc1N=Nc1ccc2c(c1)Cc1ccccc1-2. The molecular weight excluding hydrogens is 296 g/mol. The van der Waals surface area contributed by atoms with Crippen molar-refractivity contribution in [2.24, 2.45) is 10.2 Å². The van der Waals surface area contributed by atoms with E-state index in [1.165, 1.54) is 22.3 Å². The molecule has 1 aliphatic rings. The molecule has 0 heterocycles. The first-order valence-electron chi connectivity index (χ1n) is 8.03. The normalized spacial score (nSPS) is 12.2. The molecule has 0 aliphatic heterocycles. The van der Waals surface area contributed by atoms with Gasteiger partial charge < -0.3 is 4.74 Å². The Kier molecular flexibility index (Phi) is 3.62. The Labute approximate surface area is 141 Å². The molecule has 0 radical (unpaired) electrons. The number of benzene rings is 3. The van der Waals surface area contributed by atoms with E-state index in [1.54, 1.807) is 7.11 Å². The summed E-state index contributed by atoms with van der Waals surface area (Å²) in [6.07, 6.45) is 0.961.